The summed E-state index contributed by atoms with van der Waals surface area (Å²) >= 11 is 3.28. The third-order valence-electron chi connectivity index (χ3n) is 2.46. The summed E-state index contributed by atoms with van der Waals surface area (Å²) in [5, 5.41) is 3.35. The standard InChI is InChI=1S/C12H13BrF3NO/c1-7(2-3-13)6-17-12(18)8-4-9(14)11(16)10(15)5-8/h4-5,7H,2-3,6H2,1H3,(H,17,18). The van der Waals surface area contributed by atoms with Gasteiger partial charge in [-0.15, -0.1) is 0 Å². The molecule has 1 N–H and O–H groups in total. The lowest BCUT2D eigenvalue weighted by atomic mass is 10.1. The summed E-state index contributed by atoms with van der Waals surface area (Å²) in [6, 6.07) is 1.37. The van der Waals surface area contributed by atoms with Crippen LogP contribution in [0.5, 0.6) is 0 Å². The minimum atomic E-state index is -1.57. The smallest absolute Gasteiger partial charge is 0.251 e. The molecule has 1 amide bonds. The van der Waals surface area contributed by atoms with Gasteiger partial charge in [0.2, 0.25) is 0 Å². The van der Waals surface area contributed by atoms with Gasteiger partial charge in [-0.05, 0) is 24.5 Å². The summed E-state index contributed by atoms with van der Waals surface area (Å²) in [7, 11) is 0. The second kappa shape index (κ2) is 6.78. The molecule has 0 aliphatic heterocycles. The first kappa shape index (κ1) is 15.0. The van der Waals surface area contributed by atoms with E-state index in [2.05, 4.69) is 21.2 Å². The highest BCUT2D eigenvalue weighted by atomic mass is 79.9. The van der Waals surface area contributed by atoms with Crippen LogP contribution >= 0.6 is 15.9 Å². The summed E-state index contributed by atoms with van der Waals surface area (Å²) in [5.74, 6) is -4.68. The molecule has 18 heavy (non-hydrogen) atoms. The van der Waals surface area contributed by atoms with Crippen LogP contribution in [-0.4, -0.2) is 17.8 Å². The zero-order valence-electron chi connectivity index (χ0n) is 9.77. The van der Waals surface area contributed by atoms with E-state index in [-0.39, 0.29) is 11.5 Å². The molecule has 0 bridgehead atoms. The van der Waals surface area contributed by atoms with Crippen molar-refractivity contribution in [1.82, 2.24) is 5.32 Å². The average molecular weight is 324 g/mol. The first-order valence-electron chi connectivity index (χ1n) is 5.44. The molecule has 0 saturated carbocycles. The first-order chi connectivity index (χ1) is 8.45. The quantitative estimate of drug-likeness (QED) is 0.654. The number of nitrogens with one attached hydrogen (secondary N) is 1. The van der Waals surface area contributed by atoms with E-state index in [4.69, 9.17) is 0 Å². The first-order valence-corrected chi connectivity index (χ1v) is 6.56. The Morgan fingerprint density at radius 1 is 1.33 bits per heavy atom. The highest BCUT2D eigenvalue weighted by Gasteiger charge is 2.15. The van der Waals surface area contributed by atoms with Crippen LogP contribution in [0.25, 0.3) is 0 Å². The van der Waals surface area contributed by atoms with Crippen molar-refractivity contribution in [1.29, 1.82) is 0 Å². The maximum Gasteiger partial charge on any atom is 0.251 e. The lowest BCUT2D eigenvalue weighted by Crippen LogP contribution is -2.28. The van der Waals surface area contributed by atoms with E-state index in [1.54, 1.807) is 0 Å². The van der Waals surface area contributed by atoms with Gasteiger partial charge in [-0.2, -0.15) is 0 Å². The lowest BCUT2D eigenvalue weighted by Gasteiger charge is -2.11. The second-order valence-corrected chi connectivity index (χ2v) is 4.84. The van der Waals surface area contributed by atoms with Crippen LogP contribution in [-0.2, 0) is 0 Å². The Labute approximate surface area is 112 Å². The summed E-state index contributed by atoms with van der Waals surface area (Å²) in [5.41, 5.74) is -0.225. The molecule has 100 valence electrons. The van der Waals surface area contributed by atoms with Crippen LogP contribution in [0.3, 0.4) is 0 Å². The molecule has 2 nitrogen and oxygen atoms in total. The molecule has 0 radical (unpaired) electrons. The molecule has 6 heteroatoms. The second-order valence-electron chi connectivity index (χ2n) is 4.05. The van der Waals surface area contributed by atoms with E-state index in [1.807, 2.05) is 6.92 Å². The van der Waals surface area contributed by atoms with E-state index in [1.165, 1.54) is 0 Å². The van der Waals surface area contributed by atoms with Crippen LogP contribution in [0.15, 0.2) is 12.1 Å². The SMILES string of the molecule is CC(CCBr)CNC(=O)c1cc(F)c(F)c(F)c1. The van der Waals surface area contributed by atoms with Gasteiger partial charge < -0.3 is 5.32 Å². The molecule has 0 saturated heterocycles. The predicted octanol–water partition coefficient (Wildman–Crippen LogP) is 3.25. The highest BCUT2D eigenvalue weighted by molar-refractivity contribution is 9.09. The number of carbonyl (C=O) groups excluding carboxylic acids is 1. The topological polar surface area (TPSA) is 29.1 Å². The van der Waals surface area contributed by atoms with E-state index in [0.717, 1.165) is 11.8 Å². The van der Waals surface area contributed by atoms with Crippen molar-refractivity contribution in [2.24, 2.45) is 5.92 Å². The van der Waals surface area contributed by atoms with Crippen LogP contribution in [0.4, 0.5) is 13.2 Å². The normalized spacial score (nSPS) is 12.3. The lowest BCUT2D eigenvalue weighted by molar-refractivity contribution is 0.0946. The number of hydrogen-bond donors (Lipinski definition) is 1. The summed E-state index contributed by atoms with van der Waals surface area (Å²) in [6.45, 7) is 2.33. The van der Waals surface area contributed by atoms with Crippen LogP contribution in [0, 0.1) is 23.4 Å². The van der Waals surface area contributed by atoms with Gasteiger partial charge in [-0.1, -0.05) is 22.9 Å². The molecule has 1 unspecified atom stereocenters. The van der Waals surface area contributed by atoms with Crippen molar-refractivity contribution in [3.05, 3.63) is 35.1 Å². The summed E-state index contributed by atoms with van der Waals surface area (Å²) in [4.78, 5) is 11.6. The molecular weight excluding hydrogens is 311 g/mol. The van der Waals surface area contributed by atoms with Gasteiger partial charge in [0.25, 0.3) is 5.91 Å². The van der Waals surface area contributed by atoms with Crippen molar-refractivity contribution in [3.8, 4) is 0 Å². The molecule has 0 aromatic heterocycles. The number of rotatable bonds is 5. The molecule has 0 aliphatic rings. The highest BCUT2D eigenvalue weighted by Crippen LogP contribution is 2.13. The predicted molar refractivity (Wildman–Crippen MR) is 66.2 cm³/mol. The van der Waals surface area contributed by atoms with Crippen molar-refractivity contribution in [2.45, 2.75) is 13.3 Å². The maximum absolute atomic E-state index is 12.9. The molecule has 1 atom stereocenters. The maximum atomic E-state index is 12.9. The van der Waals surface area contributed by atoms with Crippen molar-refractivity contribution in [2.75, 3.05) is 11.9 Å². The van der Waals surface area contributed by atoms with Crippen molar-refractivity contribution in [3.63, 3.8) is 0 Å². The average Bonchev–Trinajstić information content (AvgIpc) is 2.32. The number of benzene rings is 1. The van der Waals surface area contributed by atoms with Gasteiger partial charge in [-0.25, -0.2) is 13.2 Å². The third-order valence-corrected chi connectivity index (χ3v) is 2.92. The molecule has 1 rings (SSSR count). The molecule has 0 spiro atoms. The Balaban J connectivity index is 2.67. The van der Waals surface area contributed by atoms with Gasteiger partial charge in [0.1, 0.15) is 0 Å². The number of alkyl halides is 1. The van der Waals surface area contributed by atoms with Crippen molar-refractivity contribution < 1.29 is 18.0 Å². The van der Waals surface area contributed by atoms with Crippen LogP contribution < -0.4 is 5.32 Å². The Bertz CT molecular complexity index is 416. The molecule has 0 fully saturated rings. The Hall–Kier alpha value is -1.04. The Kier molecular flexibility index (Phi) is 5.65. The zero-order chi connectivity index (χ0) is 13.7. The summed E-state index contributed by atoms with van der Waals surface area (Å²) in [6.07, 6.45) is 0.867. The molecule has 1 aromatic rings. The minimum Gasteiger partial charge on any atom is -0.352 e. The van der Waals surface area contributed by atoms with Gasteiger partial charge in [0, 0.05) is 17.4 Å². The van der Waals surface area contributed by atoms with E-state index < -0.39 is 23.4 Å². The monoisotopic (exact) mass is 323 g/mol. The van der Waals surface area contributed by atoms with Crippen LogP contribution in [0.1, 0.15) is 23.7 Å². The van der Waals surface area contributed by atoms with Crippen molar-refractivity contribution >= 4 is 21.8 Å². The number of carbonyl (C=O) groups is 1. The van der Waals surface area contributed by atoms with E-state index in [0.29, 0.717) is 18.7 Å². The number of hydrogen-bond acceptors (Lipinski definition) is 1. The van der Waals surface area contributed by atoms with Gasteiger partial charge in [0.15, 0.2) is 17.5 Å². The third kappa shape index (κ3) is 4.01. The van der Waals surface area contributed by atoms with Gasteiger partial charge in [0.05, 0.1) is 0 Å². The van der Waals surface area contributed by atoms with Gasteiger partial charge >= 0.3 is 0 Å². The van der Waals surface area contributed by atoms with Gasteiger partial charge in [-0.3, -0.25) is 4.79 Å². The van der Waals surface area contributed by atoms with E-state index >= 15 is 0 Å². The zero-order valence-corrected chi connectivity index (χ0v) is 11.4. The minimum absolute atomic E-state index is 0.225. The van der Waals surface area contributed by atoms with Crippen LogP contribution in [0.2, 0.25) is 0 Å². The fourth-order valence-corrected chi connectivity index (χ4v) is 2.13. The largest absolute Gasteiger partial charge is 0.352 e. The fraction of sp³-hybridized carbons (Fsp3) is 0.417. The Morgan fingerprint density at radius 2 is 1.89 bits per heavy atom. The Morgan fingerprint density at radius 3 is 2.39 bits per heavy atom. The number of amides is 1. The fourth-order valence-electron chi connectivity index (χ4n) is 1.34. The van der Waals surface area contributed by atoms with E-state index in [9.17, 15) is 18.0 Å². The summed E-state index contributed by atoms with van der Waals surface area (Å²) < 4.78 is 38.5. The number of halogens is 4. The molecule has 1 aromatic carbocycles. The molecule has 0 aliphatic carbocycles. The molecule has 0 heterocycles. The molecular formula is C12H13BrF3NO.